The number of hydrogen-bond acceptors (Lipinski definition) is 7. The van der Waals surface area contributed by atoms with Gasteiger partial charge in [-0.3, -0.25) is 0 Å². The SMILES string of the molecule is CO[N+](C)(C)ON(C)O[N+](C)(C)OC[N+](C)(C)ON(C)C. The first-order valence-corrected chi connectivity index (χ1v) is 6.50. The fraction of sp³-hybridized carbons (Fsp3) is 1.00. The molecule has 0 fully saturated rings. The lowest BCUT2D eigenvalue weighted by Crippen LogP contribution is -2.54. The van der Waals surface area contributed by atoms with E-state index >= 15 is 0 Å². The van der Waals surface area contributed by atoms with Crippen molar-refractivity contribution in [2.24, 2.45) is 0 Å². The molecule has 0 aliphatic carbocycles. The zero-order chi connectivity index (χ0) is 16.9. The molecule has 0 saturated carbocycles. The van der Waals surface area contributed by atoms with Crippen LogP contribution in [0, 0.1) is 0 Å². The molecule has 0 atom stereocenters. The maximum absolute atomic E-state index is 5.68. The van der Waals surface area contributed by atoms with Gasteiger partial charge in [0.1, 0.15) is 42.3 Å². The third-order valence-corrected chi connectivity index (χ3v) is 2.13. The second-order valence-corrected chi connectivity index (χ2v) is 6.02. The van der Waals surface area contributed by atoms with Crippen LogP contribution in [0.2, 0.25) is 0 Å². The summed E-state index contributed by atoms with van der Waals surface area (Å²) in [4.78, 5) is 26.9. The summed E-state index contributed by atoms with van der Waals surface area (Å²) in [6.07, 6.45) is 0. The van der Waals surface area contributed by atoms with E-state index < -0.39 is 0 Å². The molecule has 0 N–H and O–H groups in total. The Hall–Kier alpha value is -0.400. The second-order valence-electron chi connectivity index (χ2n) is 6.02. The molecule has 0 heterocycles. The highest BCUT2D eigenvalue weighted by molar-refractivity contribution is 4.01. The van der Waals surface area contributed by atoms with E-state index in [2.05, 4.69) is 0 Å². The molecule has 0 rings (SSSR count). The van der Waals surface area contributed by atoms with Crippen molar-refractivity contribution in [2.75, 3.05) is 77.3 Å². The van der Waals surface area contributed by atoms with Gasteiger partial charge in [-0.25, -0.2) is 0 Å². The van der Waals surface area contributed by atoms with Crippen molar-refractivity contribution in [3.05, 3.63) is 0 Å². The van der Waals surface area contributed by atoms with Crippen LogP contribution in [0.15, 0.2) is 0 Å². The topological polar surface area (TPSA) is 52.6 Å². The lowest BCUT2D eigenvalue weighted by Gasteiger charge is -2.32. The largest absolute Gasteiger partial charge is 0.270 e. The van der Waals surface area contributed by atoms with Crippen molar-refractivity contribution in [1.29, 1.82) is 0 Å². The molecule has 0 aromatic heterocycles. The summed E-state index contributed by atoms with van der Waals surface area (Å²) in [5.74, 6) is 0. The Morgan fingerprint density at radius 3 is 1.67 bits per heavy atom. The van der Waals surface area contributed by atoms with Gasteiger partial charge in [0.05, 0.1) is 14.2 Å². The van der Waals surface area contributed by atoms with Gasteiger partial charge in [0.25, 0.3) is 6.73 Å². The number of hydrogen-bond donors (Lipinski definition) is 0. The monoisotopic (exact) mass is 314 g/mol. The van der Waals surface area contributed by atoms with Gasteiger partial charge < -0.3 is 0 Å². The maximum Gasteiger partial charge on any atom is 0.270 e. The Labute approximate surface area is 127 Å². The van der Waals surface area contributed by atoms with Crippen LogP contribution in [0.5, 0.6) is 0 Å². The summed E-state index contributed by atoms with van der Waals surface area (Å²) in [5, 5.41) is 2.79. The van der Waals surface area contributed by atoms with Crippen molar-refractivity contribution in [1.82, 2.24) is 10.3 Å². The highest BCUT2D eigenvalue weighted by atomic mass is 17.2. The molecule has 0 spiro atoms. The zero-order valence-corrected chi connectivity index (χ0v) is 15.0. The fourth-order valence-electron chi connectivity index (χ4n) is 1.37. The van der Waals surface area contributed by atoms with E-state index in [4.69, 9.17) is 24.5 Å². The van der Waals surface area contributed by atoms with Crippen molar-refractivity contribution in [3.63, 3.8) is 0 Å². The van der Waals surface area contributed by atoms with Crippen LogP contribution in [0.4, 0.5) is 0 Å². The molecule has 0 aromatic carbocycles. The first kappa shape index (κ1) is 20.6. The number of nitrogens with zero attached hydrogens (tertiary/aromatic N) is 5. The first-order chi connectivity index (χ1) is 9.29. The molecule has 0 aromatic rings. The molecular weight excluding hydrogens is 282 g/mol. The molecule has 0 aliphatic heterocycles. The van der Waals surface area contributed by atoms with Crippen LogP contribution in [0.3, 0.4) is 0 Å². The Morgan fingerprint density at radius 2 is 1.24 bits per heavy atom. The molecular formula is C11H32N5O5+3. The fourth-order valence-corrected chi connectivity index (χ4v) is 1.37. The van der Waals surface area contributed by atoms with E-state index in [9.17, 15) is 0 Å². The Morgan fingerprint density at radius 1 is 0.762 bits per heavy atom. The Balaban J connectivity index is 4.37. The third-order valence-electron chi connectivity index (χ3n) is 2.13. The summed E-state index contributed by atoms with van der Waals surface area (Å²) in [6, 6.07) is 0. The molecule has 0 aliphatic rings. The summed E-state index contributed by atoms with van der Waals surface area (Å²) in [7, 11) is 17.4. The maximum atomic E-state index is 5.68. The van der Waals surface area contributed by atoms with E-state index in [1.165, 1.54) is 12.3 Å². The summed E-state index contributed by atoms with van der Waals surface area (Å²) in [6.45, 7) is 0.265. The molecule has 21 heavy (non-hydrogen) atoms. The lowest BCUT2D eigenvalue weighted by atomic mass is 10.9. The number of hydroxylamine groups is 15. The predicted octanol–water partition coefficient (Wildman–Crippen LogP) is -0.301. The van der Waals surface area contributed by atoms with Crippen LogP contribution in [0.25, 0.3) is 0 Å². The van der Waals surface area contributed by atoms with Crippen LogP contribution < -0.4 is 0 Å². The number of rotatable bonds is 10. The van der Waals surface area contributed by atoms with Crippen LogP contribution >= 0.6 is 0 Å². The minimum absolute atomic E-state index is 0.151. The third kappa shape index (κ3) is 10.0. The van der Waals surface area contributed by atoms with Crippen molar-refractivity contribution >= 4 is 0 Å². The highest BCUT2D eigenvalue weighted by Crippen LogP contribution is 2.11. The van der Waals surface area contributed by atoms with Crippen molar-refractivity contribution in [3.8, 4) is 0 Å². The minimum Gasteiger partial charge on any atom is -0.170 e. The first-order valence-electron chi connectivity index (χ1n) is 6.50. The molecule has 10 nitrogen and oxygen atoms in total. The van der Waals surface area contributed by atoms with Gasteiger partial charge in [-0.1, -0.05) is 0 Å². The number of quaternary nitrogens is 3. The second kappa shape index (κ2) is 7.74. The smallest absolute Gasteiger partial charge is 0.170 e. The predicted molar refractivity (Wildman–Crippen MR) is 74.0 cm³/mol. The molecule has 0 unspecified atom stereocenters. The summed E-state index contributed by atoms with van der Waals surface area (Å²) in [5.41, 5.74) is 0. The van der Waals surface area contributed by atoms with E-state index in [0.29, 0.717) is 0 Å². The Kier molecular flexibility index (Phi) is 7.59. The standard InChI is InChI=1S/C11H32N5O5/c1-12(2)19-14(4,5)11-18-16(8,9)21-13(3)20-15(6,7)17-10/h11H2,1-10H3/q+3. The van der Waals surface area contributed by atoms with Gasteiger partial charge in [0.2, 0.25) is 0 Å². The quantitative estimate of drug-likeness (QED) is 0.312. The van der Waals surface area contributed by atoms with Gasteiger partial charge >= 0.3 is 0 Å². The Bertz CT molecular complexity index is 311. The average Bonchev–Trinajstić information content (AvgIpc) is 2.23. The van der Waals surface area contributed by atoms with E-state index in [0.717, 1.165) is 0 Å². The van der Waals surface area contributed by atoms with Crippen LogP contribution in [-0.4, -0.2) is 102 Å². The average molecular weight is 314 g/mol. The van der Waals surface area contributed by atoms with Crippen molar-refractivity contribution in [2.45, 2.75) is 0 Å². The summed E-state index contributed by atoms with van der Waals surface area (Å²) < 4.78 is 0.183. The lowest BCUT2D eigenvalue weighted by molar-refractivity contribution is -1.31. The van der Waals surface area contributed by atoms with Crippen LogP contribution in [-0.2, 0) is 24.5 Å². The van der Waals surface area contributed by atoms with Gasteiger partial charge in [-0.05, 0) is 19.5 Å². The zero-order valence-electron chi connectivity index (χ0n) is 15.0. The molecule has 0 radical (unpaired) electrons. The van der Waals surface area contributed by atoms with E-state index in [-0.39, 0.29) is 21.0 Å². The van der Waals surface area contributed by atoms with Crippen molar-refractivity contribution < 1.29 is 38.8 Å². The van der Waals surface area contributed by atoms with Gasteiger partial charge in [-0.2, -0.15) is 4.84 Å². The highest BCUT2D eigenvalue weighted by Gasteiger charge is 2.33. The van der Waals surface area contributed by atoms with Gasteiger partial charge in [0.15, 0.2) is 0 Å². The van der Waals surface area contributed by atoms with Crippen LogP contribution in [0.1, 0.15) is 0 Å². The molecule has 10 heteroatoms. The molecule has 128 valence electrons. The normalized spacial score (nSPS) is 14.3. The van der Waals surface area contributed by atoms with E-state index in [1.807, 2.05) is 28.2 Å². The molecule has 0 bridgehead atoms. The van der Waals surface area contributed by atoms with Gasteiger partial charge in [-0.15, -0.1) is 19.5 Å². The van der Waals surface area contributed by atoms with E-state index in [1.54, 1.807) is 40.3 Å². The van der Waals surface area contributed by atoms with Gasteiger partial charge in [0, 0.05) is 19.3 Å². The minimum atomic E-state index is -0.210. The molecule has 0 amide bonds. The summed E-state index contributed by atoms with van der Waals surface area (Å²) >= 11 is 0. The molecule has 0 saturated heterocycles.